The molecule has 140 valence electrons. The number of halogens is 1. The van der Waals surface area contributed by atoms with E-state index in [0.29, 0.717) is 31.0 Å². The molecule has 0 saturated carbocycles. The Morgan fingerprint density at radius 3 is 2.23 bits per heavy atom. The molecule has 0 unspecified atom stereocenters. The maximum Gasteiger partial charge on any atom is 0.222 e. The summed E-state index contributed by atoms with van der Waals surface area (Å²) >= 11 is 5.88. The van der Waals surface area contributed by atoms with E-state index in [1.165, 1.54) is 5.56 Å². The summed E-state index contributed by atoms with van der Waals surface area (Å²) < 4.78 is 5.75. The van der Waals surface area contributed by atoms with Crippen LogP contribution in [0.5, 0.6) is 5.75 Å². The zero-order chi connectivity index (χ0) is 19.2. The SMILES string of the molecule is CN(Cc1ccc(Cl)cc1)C(=O)CCCOc1ccc(C(C)(C)C)cc1. The second kappa shape index (κ2) is 9.09. The number of carbonyl (C=O) groups is 1. The normalized spacial score (nSPS) is 11.3. The fraction of sp³-hybridized carbons (Fsp3) is 0.409. The van der Waals surface area contributed by atoms with E-state index in [4.69, 9.17) is 16.3 Å². The molecule has 0 radical (unpaired) electrons. The van der Waals surface area contributed by atoms with Crippen LogP contribution in [0.15, 0.2) is 48.5 Å². The van der Waals surface area contributed by atoms with Crippen molar-refractivity contribution in [3.8, 4) is 5.75 Å². The average molecular weight is 374 g/mol. The van der Waals surface area contributed by atoms with Gasteiger partial charge < -0.3 is 9.64 Å². The number of ether oxygens (including phenoxy) is 1. The van der Waals surface area contributed by atoms with Gasteiger partial charge in [0.2, 0.25) is 5.91 Å². The molecular formula is C22H28ClNO2. The monoisotopic (exact) mass is 373 g/mol. The number of hydrogen-bond acceptors (Lipinski definition) is 2. The quantitative estimate of drug-likeness (QED) is 0.603. The molecule has 0 heterocycles. The average Bonchev–Trinajstić information content (AvgIpc) is 2.60. The van der Waals surface area contributed by atoms with Gasteiger partial charge in [-0.05, 0) is 47.2 Å². The zero-order valence-corrected chi connectivity index (χ0v) is 16.8. The Morgan fingerprint density at radius 2 is 1.65 bits per heavy atom. The molecule has 0 N–H and O–H groups in total. The lowest BCUT2D eigenvalue weighted by Gasteiger charge is -2.19. The minimum Gasteiger partial charge on any atom is -0.494 e. The van der Waals surface area contributed by atoms with Gasteiger partial charge in [0.15, 0.2) is 0 Å². The molecule has 0 atom stereocenters. The first-order chi connectivity index (χ1) is 12.3. The largest absolute Gasteiger partial charge is 0.494 e. The highest BCUT2D eigenvalue weighted by molar-refractivity contribution is 6.30. The lowest BCUT2D eigenvalue weighted by Crippen LogP contribution is -2.26. The molecule has 2 aromatic rings. The number of amides is 1. The highest BCUT2D eigenvalue weighted by Gasteiger charge is 2.13. The van der Waals surface area contributed by atoms with Gasteiger partial charge in [0.1, 0.15) is 5.75 Å². The van der Waals surface area contributed by atoms with E-state index in [0.717, 1.165) is 11.3 Å². The van der Waals surface area contributed by atoms with Gasteiger partial charge in [0.05, 0.1) is 6.61 Å². The summed E-state index contributed by atoms with van der Waals surface area (Å²) in [6.45, 7) is 7.69. The first kappa shape index (κ1) is 20.3. The molecule has 3 nitrogen and oxygen atoms in total. The number of rotatable bonds is 7. The Kier molecular flexibility index (Phi) is 7.10. The third-order valence-electron chi connectivity index (χ3n) is 4.28. The van der Waals surface area contributed by atoms with Gasteiger partial charge in [0, 0.05) is 25.0 Å². The lowest BCUT2D eigenvalue weighted by atomic mass is 9.87. The molecule has 2 rings (SSSR count). The van der Waals surface area contributed by atoms with Crippen LogP contribution in [0.25, 0.3) is 0 Å². The number of benzene rings is 2. The van der Waals surface area contributed by atoms with Crippen molar-refractivity contribution in [3.05, 3.63) is 64.7 Å². The van der Waals surface area contributed by atoms with Crippen LogP contribution in [0.3, 0.4) is 0 Å². The summed E-state index contributed by atoms with van der Waals surface area (Å²) in [5.41, 5.74) is 2.49. The highest BCUT2D eigenvalue weighted by atomic mass is 35.5. The first-order valence-corrected chi connectivity index (χ1v) is 9.35. The van der Waals surface area contributed by atoms with E-state index in [9.17, 15) is 4.79 Å². The molecular weight excluding hydrogens is 346 g/mol. The Hall–Kier alpha value is -2.00. The molecule has 1 amide bonds. The standard InChI is InChI=1S/C22H28ClNO2/c1-22(2,3)18-9-13-20(14-10-18)26-15-5-6-21(25)24(4)16-17-7-11-19(23)12-8-17/h7-14H,5-6,15-16H2,1-4H3. The van der Waals surface area contributed by atoms with Crippen molar-refractivity contribution in [1.29, 1.82) is 0 Å². The van der Waals surface area contributed by atoms with Crippen LogP contribution in [0.2, 0.25) is 5.02 Å². The van der Waals surface area contributed by atoms with Crippen LogP contribution in [-0.2, 0) is 16.8 Å². The Morgan fingerprint density at radius 1 is 1.04 bits per heavy atom. The summed E-state index contributed by atoms with van der Waals surface area (Å²) in [5, 5.41) is 0.704. The van der Waals surface area contributed by atoms with Gasteiger partial charge in [-0.1, -0.05) is 56.6 Å². The van der Waals surface area contributed by atoms with E-state index in [1.54, 1.807) is 4.90 Å². The van der Waals surface area contributed by atoms with Crippen molar-refractivity contribution < 1.29 is 9.53 Å². The van der Waals surface area contributed by atoms with E-state index >= 15 is 0 Å². The maximum atomic E-state index is 12.2. The van der Waals surface area contributed by atoms with Crippen LogP contribution in [-0.4, -0.2) is 24.5 Å². The minimum atomic E-state index is 0.117. The molecule has 0 aliphatic heterocycles. The van der Waals surface area contributed by atoms with Crippen molar-refractivity contribution in [2.75, 3.05) is 13.7 Å². The fourth-order valence-corrected chi connectivity index (χ4v) is 2.73. The molecule has 4 heteroatoms. The Bertz CT molecular complexity index is 702. The van der Waals surface area contributed by atoms with Crippen LogP contribution in [0.4, 0.5) is 0 Å². The molecule has 0 saturated heterocycles. The van der Waals surface area contributed by atoms with Gasteiger partial charge in [-0.25, -0.2) is 0 Å². The second-order valence-electron chi connectivity index (χ2n) is 7.60. The summed E-state index contributed by atoms with van der Waals surface area (Å²) in [6, 6.07) is 15.7. The van der Waals surface area contributed by atoms with Crippen molar-refractivity contribution in [2.45, 2.75) is 45.6 Å². The van der Waals surface area contributed by atoms with Crippen LogP contribution < -0.4 is 4.74 Å². The molecule has 0 aliphatic carbocycles. The van der Waals surface area contributed by atoms with Crippen molar-refractivity contribution in [2.24, 2.45) is 0 Å². The van der Waals surface area contributed by atoms with Crippen molar-refractivity contribution in [1.82, 2.24) is 4.90 Å². The second-order valence-corrected chi connectivity index (χ2v) is 8.04. The lowest BCUT2D eigenvalue weighted by molar-refractivity contribution is -0.130. The van der Waals surface area contributed by atoms with E-state index in [2.05, 4.69) is 32.9 Å². The van der Waals surface area contributed by atoms with Gasteiger partial charge in [0.25, 0.3) is 0 Å². The highest BCUT2D eigenvalue weighted by Crippen LogP contribution is 2.24. The predicted molar refractivity (Wildman–Crippen MR) is 108 cm³/mol. The minimum absolute atomic E-state index is 0.117. The third-order valence-corrected chi connectivity index (χ3v) is 4.53. The van der Waals surface area contributed by atoms with Crippen LogP contribution in [0.1, 0.15) is 44.7 Å². The summed E-state index contributed by atoms with van der Waals surface area (Å²) in [5.74, 6) is 0.964. The number of hydrogen-bond donors (Lipinski definition) is 0. The van der Waals surface area contributed by atoms with E-state index in [-0.39, 0.29) is 11.3 Å². The number of carbonyl (C=O) groups excluding carboxylic acids is 1. The van der Waals surface area contributed by atoms with Crippen LogP contribution in [0, 0.1) is 0 Å². The molecule has 2 aromatic carbocycles. The molecule has 0 aliphatic rings. The van der Waals surface area contributed by atoms with E-state index in [1.807, 2.05) is 43.4 Å². The Balaban J connectivity index is 1.71. The summed E-state index contributed by atoms with van der Waals surface area (Å²) in [6.07, 6.45) is 1.18. The van der Waals surface area contributed by atoms with Gasteiger partial charge >= 0.3 is 0 Å². The molecule has 0 aromatic heterocycles. The van der Waals surface area contributed by atoms with Gasteiger partial charge in [-0.15, -0.1) is 0 Å². The third kappa shape index (κ3) is 6.38. The molecule has 0 spiro atoms. The smallest absolute Gasteiger partial charge is 0.222 e. The maximum absolute atomic E-state index is 12.2. The summed E-state index contributed by atoms with van der Waals surface area (Å²) in [7, 11) is 1.82. The van der Waals surface area contributed by atoms with Crippen molar-refractivity contribution in [3.63, 3.8) is 0 Å². The van der Waals surface area contributed by atoms with Gasteiger partial charge in [-0.2, -0.15) is 0 Å². The summed E-state index contributed by atoms with van der Waals surface area (Å²) in [4.78, 5) is 14.0. The van der Waals surface area contributed by atoms with Gasteiger partial charge in [-0.3, -0.25) is 4.79 Å². The Labute approximate surface area is 161 Å². The van der Waals surface area contributed by atoms with E-state index < -0.39 is 0 Å². The first-order valence-electron chi connectivity index (χ1n) is 8.97. The number of nitrogens with zero attached hydrogens (tertiary/aromatic N) is 1. The predicted octanol–water partition coefficient (Wildman–Crippen LogP) is 5.46. The molecule has 26 heavy (non-hydrogen) atoms. The molecule has 0 bridgehead atoms. The fourth-order valence-electron chi connectivity index (χ4n) is 2.61. The van der Waals surface area contributed by atoms with Crippen molar-refractivity contribution >= 4 is 17.5 Å². The van der Waals surface area contributed by atoms with Crippen LogP contribution >= 0.6 is 11.6 Å². The topological polar surface area (TPSA) is 29.5 Å². The zero-order valence-electron chi connectivity index (χ0n) is 16.1. The molecule has 0 fully saturated rings.